The molecule has 0 amide bonds. The van der Waals surface area contributed by atoms with E-state index in [1.807, 2.05) is 17.5 Å². The molecule has 1 saturated heterocycles. The zero-order chi connectivity index (χ0) is 20.5. The quantitative estimate of drug-likeness (QED) is 0.517. The van der Waals surface area contributed by atoms with Crippen LogP contribution >= 0.6 is 23.7 Å². The first-order valence-corrected chi connectivity index (χ1v) is 11.1. The summed E-state index contributed by atoms with van der Waals surface area (Å²) in [7, 11) is 0. The predicted octanol–water partition coefficient (Wildman–Crippen LogP) is 4.63. The SMILES string of the molecule is Cl.O=C(CCN1CCN(c2cccc3c2OCCO3)CC1)c1csc2ccc(F)cc12. The molecule has 0 saturated carbocycles. The van der Waals surface area contributed by atoms with Crippen LogP contribution in [0.1, 0.15) is 16.8 Å². The van der Waals surface area contributed by atoms with E-state index in [2.05, 4.69) is 15.9 Å². The Balaban J connectivity index is 0.00000231. The second kappa shape index (κ2) is 9.42. The number of carbonyl (C=O) groups is 1. The summed E-state index contributed by atoms with van der Waals surface area (Å²) in [6.07, 6.45) is 0.444. The molecule has 0 radical (unpaired) electrons. The van der Waals surface area contributed by atoms with Crippen molar-refractivity contribution in [3.63, 3.8) is 0 Å². The molecule has 0 spiro atoms. The lowest BCUT2D eigenvalue weighted by molar-refractivity contribution is 0.0964. The fourth-order valence-corrected chi connectivity index (χ4v) is 5.08. The Morgan fingerprint density at radius 2 is 1.87 bits per heavy atom. The van der Waals surface area contributed by atoms with Gasteiger partial charge >= 0.3 is 0 Å². The summed E-state index contributed by atoms with van der Waals surface area (Å²) >= 11 is 1.49. The van der Waals surface area contributed by atoms with Gasteiger partial charge in [0.1, 0.15) is 19.0 Å². The second-order valence-electron chi connectivity index (χ2n) is 7.59. The van der Waals surface area contributed by atoms with Gasteiger partial charge in [0.2, 0.25) is 0 Å². The topological polar surface area (TPSA) is 42.0 Å². The van der Waals surface area contributed by atoms with Crippen LogP contribution in [0.5, 0.6) is 11.5 Å². The van der Waals surface area contributed by atoms with E-state index >= 15 is 0 Å². The van der Waals surface area contributed by atoms with Crippen molar-refractivity contribution in [3.8, 4) is 11.5 Å². The number of thiophene rings is 1. The summed E-state index contributed by atoms with van der Waals surface area (Å²) < 4.78 is 26.1. The van der Waals surface area contributed by atoms with Crippen molar-refractivity contribution in [1.29, 1.82) is 0 Å². The molecular formula is C23H24ClFN2O3S. The molecule has 8 heteroatoms. The Labute approximate surface area is 190 Å². The number of hydrogen-bond acceptors (Lipinski definition) is 6. The Kier molecular flexibility index (Phi) is 6.65. The van der Waals surface area contributed by atoms with Crippen LogP contribution in [-0.2, 0) is 0 Å². The minimum Gasteiger partial charge on any atom is -0.486 e. The van der Waals surface area contributed by atoms with E-state index in [1.165, 1.54) is 23.5 Å². The third-order valence-electron chi connectivity index (χ3n) is 5.75. The monoisotopic (exact) mass is 462 g/mol. The van der Waals surface area contributed by atoms with Gasteiger partial charge in [0.05, 0.1) is 5.69 Å². The van der Waals surface area contributed by atoms with Crippen molar-refractivity contribution in [2.24, 2.45) is 0 Å². The van der Waals surface area contributed by atoms with Gasteiger partial charge in [0.25, 0.3) is 0 Å². The van der Waals surface area contributed by atoms with Crippen LogP contribution in [0, 0.1) is 5.82 Å². The Hall–Kier alpha value is -2.35. The number of benzene rings is 2. The molecule has 0 aliphatic carbocycles. The number of halogens is 2. The summed E-state index contributed by atoms with van der Waals surface area (Å²) in [5.74, 6) is 1.43. The number of rotatable bonds is 5. The van der Waals surface area contributed by atoms with Crippen molar-refractivity contribution in [3.05, 3.63) is 53.2 Å². The molecule has 5 nitrogen and oxygen atoms in total. The maximum atomic E-state index is 13.6. The molecule has 3 aromatic rings. The first-order valence-electron chi connectivity index (χ1n) is 10.2. The third-order valence-corrected chi connectivity index (χ3v) is 6.71. The van der Waals surface area contributed by atoms with E-state index < -0.39 is 0 Å². The Morgan fingerprint density at radius 1 is 1.06 bits per heavy atom. The van der Waals surface area contributed by atoms with Crippen molar-refractivity contribution < 1.29 is 18.7 Å². The summed E-state index contributed by atoms with van der Waals surface area (Å²) in [5.41, 5.74) is 1.72. The first kappa shape index (κ1) is 21.9. The predicted molar refractivity (Wildman–Crippen MR) is 124 cm³/mol. The molecule has 3 heterocycles. The molecular weight excluding hydrogens is 439 g/mol. The van der Waals surface area contributed by atoms with Gasteiger partial charge in [0, 0.05) is 60.2 Å². The minimum atomic E-state index is -0.302. The van der Waals surface area contributed by atoms with Crippen molar-refractivity contribution in [2.45, 2.75) is 6.42 Å². The third kappa shape index (κ3) is 4.49. The van der Waals surface area contributed by atoms with Gasteiger partial charge < -0.3 is 14.4 Å². The molecule has 2 aromatic carbocycles. The highest BCUT2D eigenvalue weighted by Crippen LogP contribution is 2.39. The Bertz CT molecular complexity index is 1080. The van der Waals surface area contributed by atoms with Crippen LogP contribution in [0.2, 0.25) is 0 Å². The molecule has 31 heavy (non-hydrogen) atoms. The average molecular weight is 463 g/mol. The van der Waals surface area contributed by atoms with E-state index in [0.29, 0.717) is 31.7 Å². The summed E-state index contributed by atoms with van der Waals surface area (Å²) in [6.45, 7) is 5.40. The lowest BCUT2D eigenvalue weighted by Gasteiger charge is -2.37. The molecule has 2 aliphatic rings. The highest BCUT2D eigenvalue weighted by Gasteiger charge is 2.24. The van der Waals surface area contributed by atoms with Gasteiger partial charge in [-0.1, -0.05) is 6.07 Å². The molecule has 0 N–H and O–H groups in total. The number of nitrogens with zero attached hydrogens (tertiary/aromatic N) is 2. The lowest BCUT2D eigenvalue weighted by Crippen LogP contribution is -2.47. The minimum absolute atomic E-state index is 0. The van der Waals surface area contributed by atoms with E-state index in [1.54, 1.807) is 6.07 Å². The highest BCUT2D eigenvalue weighted by molar-refractivity contribution is 7.17. The fraction of sp³-hybridized carbons (Fsp3) is 0.348. The van der Waals surface area contributed by atoms with Crippen LogP contribution in [0.3, 0.4) is 0 Å². The highest BCUT2D eigenvalue weighted by atomic mass is 35.5. The first-order chi connectivity index (χ1) is 14.7. The molecule has 0 unspecified atom stereocenters. The van der Waals surface area contributed by atoms with E-state index in [9.17, 15) is 9.18 Å². The molecule has 0 bridgehead atoms. The number of carbonyl (C=O) groups excluding carboxylic acids is 1. The largest absolute Gasteiger partial charge is 0.486 e. The summed E-state index contributed by atoms with van der Waals surface area (Å²) in [5, 5.41) is 2.58. The molecule has 2 aliphatic heterocycles. The average Bonchev–Trinajstić information content (AvgIpc) is 3.20. The number of hydrogen-bond donors (Lipinski definition) is 0. The van der Waals surface area contributed by atoms with Gasteiger partial charge in [-0.2, -0.15) is 0 Å². The molecule has 164 valence electrons. The second-order valence-corrected chi connectivity index (χ2v) is 8.50. The zero-order valence-electron chi connectivity index (χ0n) is 17.0. The number of para-hydroxylation sites is 1. The fourth-order valence-electron chi connectivity index (χ4n) is 4.13. The molecule has 1 aromatic heterocycles. The van der Waals surface area contributed by atoms with Gasteiger partial charge in [-0.25, -0.2) is 4.39 Å². The van der Waals surface area contributed by atoms with E-state index in [4.69, 9.17) is 9.47 Å². The standard InChI is InChI=1S/C23H23FN2O3S.ClH/c24-16-4-5-22-17(14-16)18(15-30-22)20(27)6-7-25-8-10-26(11-9-25)19-2-1-3-21-23(19)29-13-12-28-21;/h1-5,14-15H,6-13H2;1H. The molecule has 1 fully saturated rings. The number of fused-ring (bicyclic) bond motifs is 2. The molecule has 5 rings (SSSR count). The number of Topliss-reactive ketones (excluding diaryl/α,β-unsaturated/α-hetero) is 1. The Morgan fingerprint density at radius 3 is 2.71 bits per heavy atom. The number of anilines is 1. The van der Waals surface area contributed by atoms with Crippen LogP contribution < -0.4 is 14.4 Å². The summed E-state index contributed by atoms with van der Waals surface area (Å²) in [4.78, 5) is 17.4. The maximum absolute atomic E-state index is 13.6. The van der Waals surface area contributed by atoms with Crippen molar-refractivity contribution in [2.75, 3.05) is 50.8 Å². The summed E-state index contributed by atoms with van der Waals surface area (Å²) in [6, 6.07) is 10.7. The normalized spacial score (nSPS) is 16.2. The van der Waals surface area contributed by atoms with Crippen LogP contribution in [-0.4, -0.2) is 56.6 Å². The van der Waals surface area contributed by atoms with Gasteiger partial charge in [0.15, 0.2) is 17.3 Å². The van der Waals surface area contributed by atoms with Crippen LogP contribution in [0.15, 0.2) is 41.8 Å². The lowest BCUT2D eigenvalue weighted by atomic mass is 10.1. The van der Waals surface area contributed by atoms with Crippen LogP contribution in [0.25, 0.3) is 10.1 Å². The number of ether oxygens (including phenoxy) is 2. The maximum Gasteiger partial charge on any atom is 0.184 e. The smallest absolute Gasteiger partial charge is 0.184 e. The molecule has 0 atom stereocenters. The van der Waals surface area contributed by atoms with Gasteiger partial charge in [-0.05, 0) is 30.3 Å². The van der Waals surface area contributed by atoms with Crippen molar-refractivity contribution >= 4 is 45.3 Å². The van der Waals surface area contributed by atoms with E-state index in [-0.39, 0.29) is 24.0 Å². The van der Waals surface area contributed by atoms with Crippen molar-refractivity contribution in [1.82, 2.24) is 4.90 Å². The zero-order valence-corrected chi connectivity index (χ0v) is 18.6. The van der Waals surface area contributed by atoms with Gasteiger partial charge in [-0.3, -0.25) is 9.69 Å². The van der Waals surface area contributed by atoms with Crippen LogP contribution in [0.4, 0.5) is 10.1 Å². The number of ketones is 1. The van der Waals surface area contributed by atoms with E-state index in [0.717, 1.165) is 53.5 Å². The van der Waals surface area contributed by atoms with Gasteiger partial charge in [-0.15, -0.1) is 23.7 Å². The number of piperazine rings is 1.